The Hall–Kier alpha value is -1.12. The summed E-state index contributed by atoms with van der Waals surface area (Å²) in [6.07, 6.45) is 2.21. The number of amides is 1. The van der Waals surface area contributed by atoms with Crippen LogP contribution in [0.3, 0.4) is 0 Å². The molecule has 1 amide bonds. The molecule has 0 unspecified atom stereocenters. The van der Waals surface area contributed by atoms with Gasteiger partial charge in [-0.25, -0.2) is 8.42 Å². The Bertz CT molecular complexity index is 760. The molecule has 9 heteroatoms. The summed E-state index contributed by atoms with van der Waals surface area (Å²) in [6.45, 7) is 2.93. The standard InChI is InChI=1S/C14H21ClN4O3S/c1-10-11(12(15)18(3)16-10)23(21,22)19-8-6-14(9-19)5-4-7-17(2)13(14)20/h4-9H2,1-3H3/t14-/m0/s1. The summed E-state index contributed by atoms with van der Waals surface area (Å²) in [5.41, 5.74) is -0.201. The average molecular weight is 361 g/mol. The van der Waals surface area contributed by atoms with Crippen molar-refractivity contribution in [2.75, 3.05) is 26.7 Å². The van der Waals surface area contributed by atoms with Crippen LogP contribution in [0, 0.1) is 12.3 Å². The first-order valence-corrected chi connectivity index (χ1v) is 9.46. The predicted octanol–water partition coefficient (Wildman–Crippen LogP) is 1.01. The van der Waals surface area contributed by atoms with Gasteiger partial charge in [0.1, 0.15) is 10.0 Å². The molecule has 0 N–H and O–H groups in total. The van der Waals surface area contributed by atoms with Crippen LogP contribution in [-0.4, -0.2) is 60.0 Å². The fraction of sp³-hybridized carbons (Fsp3) is 0.714. The van der Waals surface area contributed by atoms with Gasteiger partial charge in [0.25, 0.3) is 0 Å². The minimum atomic E-state index is -3.75. The smallest absolute Gasteiger partial charge is 0.248 e. The Morgan fingerprint density at radius 3 is 2.52 bits per heavy atom. The van der Waals surface area contributed by atoms with Gasteiger partial charge in [-0.3, -0.25) is 9.48 Å². The lowest BCUT2D eigenvalue weighted by atomic mass is 9.78. The van der Waals surface area contributed by atoms with Crippen LogP contribution in [0.2, 0.25) is 5.15 Å². The van der Waals surface area contributed by atoms with E-state index in [1.807, 2.05) is 0 Å². The first kappa shape index (κ1) is 16.7. The summed E-state index contributed by atoms with van der Waals surface area (Å²) in [7, 11) is -0.357. The van der Waals surface area contributed by atoms with Crippen molar-refractivity contribution in [1.82, 2.24) is 19.0 Å². The molecule has 0 radical (unpaired) electrons. The van der Waals surface area contributed by atoms with Crippen molar-refractivity contribution >= 4 is 27.5 Å². The van der Waals surface area contributed by atoms with Crippen LogP contribution in [0.15, 0.2) is 4.90 Å². The van der Waals surface area contributed by atoms with E-state index in [1.165, 1.54) is 8.99 Å². The third-order valence-corrected chi connectivity index (χ3v) is 7.51. The molecule has 3 rings (SSSR count). The zero-order valence-electron chi connectivity index (χ0n) is 13.5. The van der Waals surface area contributed by atoms with E-state index in [1.54, 1.807) is 25.9 Å². The third-order valence-electron chi connectivity index (χ3n) is 4.97. The highest BCUT2D eigenvalue weighted by Crippen LogP contribution is 2.42. The van der Waals surface area contributed by atoms with Crippen molar-refractivity contribution in [2.24, 2.45) is 12.5 Å². The highest BCUT2D eigenvalue weighted by molar-refractivity contribution is 7.89. The van der Waals surface area contributed by atoms with E-state index >= 15 is 0 Å². The van der Waals surface area contributed by atoms with Gasteiger partial charge in [0.15, 0.2) is 0 Å². The van der Waals surface area contributed by atoms with Crippen LogP contribution in [-0.2, 0) is 21.9 Å². The van der Waals surface area contributed by atoms with Crippen molar-refractivity contribution < 1.29 is 13.2 Å². The lowest BCUT2D eigenvalue weighted by Crippen LogP contribution is -2.48. The minimum absolute atomic E-state index is 0.0512. The van der Waals surface area contributed by atoms with Gasteiger partial charge in [-0.05, 0) is 26.2 Å². The molecule has 128 valence electrons. The molecular weight excluding hydrogens is 340 g/mol. The number of aromatic nitrogens is 2. The first-order chi connectivity index (χ1) is 10.7. The maximum absolute atomic E-state index is 13.0. The molecule has 2 aliphatic rings. The van der Waals surface area contributed by atoms with Gasteiger partial charge >= 0.3 is 0 Å². The maximum atomic E-state index is 13.0. The zero-order chi connectivity index (χ0) is 17.0. The van der Waals surface area contributed by atoms with Gasteiger partial charge in [0, 0.05) is 33.7 Å². The van der Waals surface area contributed by atoms with Crippen molar-refractivity contribution in [3.63, 3.8) is 0 Å². The van der Waals surface area contributed by atoms with Crippen molar-refractivity contribution in [1.29, 1.82) is 0 Å². The van der Waals surface area contributed by atoms with Crippen LogP contribution < -0.4 is 0 Å². The largest absolute Gasteiger partial charge is 0.345 e. The summed E-state index contributed by atoms with van der Waals surface area (Å²) >= 11 is 6.13. The summed E-state index contributed by atoms with van der Waals surface area (Å²) in [6, 6.07) is 0. The number of halogens is 1. The first-order valence-electron chi connectivity index (χ1n) is 7.64. The number of nitrogens with zero attached hydrogens (tertiary/aromatic N) is 4. The highest BCUT2D eigenvalue weighted by Gasteiger charge is 2.51. The Labute approximate surface area is 141 Å². The Morgan fingerprint density at radius 2 is 1.91 bits per heavy atom. The number of hydrogen-bond donors (Lipinski definition) is 0. The van der Waals surface area contributed by atoms with Crippen LogP contribution in [0.25, 0.3) is 0 Å². The number of aryl methyl sites for hydroxylation is 2. The molecule has 2 fully saturated rings. The molecule has 0 bridgehead atoms. The molecule has 1 atom stereocenters. The topological polar surface area (TPSA) is 75.5 Å². The fourth-order valence-corrected chi connectivity index (χ4v) is 5.95. The third kappa shape index (κ3) is 2.47. The van der Waals surface area contributed by atoms with E-state index in [0.29, 0.717) is 18.7 Å². The molecule has 2 saturated heterocycles. The van der Waals surface area contributed by atoms with Gasteiger partial charge in [-0.1, -0.05) is 11.6 Å². The highest BCUT2D eigenvalue weighted by atomic mass is 35.5. The van der Waals surface area contributed by atoms with Crippen molar-refractivity contribution in [3.8, 4) is 0 Å². The summed E-state index contributed by atoms with van der Waals surface area (Å²) in [5.74, 6) is 0.0513. The molecule has 0 aromatic carbocycles. The fourth-order valence-electron chi connectivity index (χ4n) is 3.72. The van der Waals surface area contributed by atoms with Crippen molar-refractivity contribution in [3.05, 3.63) is 10.8 Å². The molecule has 1 aromatic rings. The Morgan fingerprint density at radius 1 is 1.22 bits per heavy atom. The van der Waals surface area contributed by atoms with Gasteiger partial charge in [0.2, 0.25) is 15.9 Å². The number of piperidine rings is 1. The van der Waals surface area contributed by atoms with Gasteiger partial charge in [0.05, 0.1) is 11.1 Å². The number of carbonyl (C=O) groups is 1. The second-order valence-electron chi connectivity index (χ2n) is 6.53. The number of sulfonamides is 1. The van der Waals surface area contributed by atoms with E-state index in [0.717, 1.165) is 19.4 Å². The number of hydrogen-bond acceptors (Lipinski definition) is 4. The molecule has 0 saturated carbocycles. The van der Waals surface area contributed by atoms with Crippen LogP contribution in [0.1, 0.15) is 25.0 Å². The van der Waals surface area contributed by atoms with Crippen LogP contribution in [0.5, 0.6) is 0 Å². The SMILES string of the molecule is Cc1nn(C)c(Cl)c1S(=O)(=O)N1CC[C@@]2(CCCN(C)C2=O)C1. The molecule has 2 aliphatic heterocycles. The van der Waals surface area contributed by atoms with E-state index in [2.05, 4.69) is 5.10 Å². The van der Waals surface area contributed by atoms with Gasteiger partial charge in [-0.2, -0.15) is 9.40 Å². The molecular formula is C14H21ClN4O3S. The predicted molar refractivity (Wildman–Crippen MR) is 85.6 cm³/mol. The quantitative estimate of drug-likeness (QED) is 0.789. The van der Waals surface area contributed by atoms with Gasteiger partial charge < -0.3 is 4.90 Å². The molecule has 0 aliphatic carbocycles. The second kappa shape index (κ2) is 5.46. The molecule has 1 aromatic heterocycles. The summed E-state index contributed by atoms with van der Waals surface area (Å²) in [4.78, 5) is 14.3. The summed E-state index contributed by atoms with van der Waals surface area (Å²) < 4.78 is 28.7. The second-order valence-corrected chi connectivity index (χ2v) is 8.76. The molecule has 23 heavy (non-hydrogen) atoms. The molecule has 3 heterocycles. The average Bonchev–Trinajstić information content (AvgIpc) is 3.00. The van der Waals surface area contributed by atoms with Crippen LogP contribution in [0.4, 0.5) is 0 Å². The normalized spacial score (nSPS) is 26.4. The maximum Gasteiger partial charge on any atom is 0.248 e. The zero-order valence-corrected chi connectivity index (χ0v) is 15.1. The monoisotopic (exact) mass is 360 g/mol. The lowest BCUT2D eigenvalue weighted by molar-refractivity contribution is -0.143. The number of rotatable bonds is 2. The van der Waals surface area contributed by atoms with E-state index in [-0.39, 0.29) is 22.5 Å². The molecule has 1 spiro atoms. The van der Waals surface area contributed by atoms with E-state index in [4.69, 9.17) is 11.6 Å². The van der Waals surface area contributed by atoms with Gasteiger partial charge in [-0.15, -0.1) is 0 Å². The number of likely N-dealkylation sites (tertiary alicyclic amines) is 1. The van der Waals surface area contributed by atoms with Crippen LogP contribution >= 0.6 is 11.6 Å². The molecule has 7 nitrogen and oxygen atoms in total. The minimum Gasteiger partial charge on any atom is -0.345 e. The Balaban J connectivity index is 1.93. The van der Waals surface area contributed by atoms with E-state index < -0.39 is 15.4 Å². The lowest BCUT2D eigenvalue weighted by Gasteiger charge is -2.37. The Kier molecular flexibility index (Phi) is 3.97. The summed E-state index contributed by atoms with van der Waals surface area (Å²) in [5, 5.41) is 4.19. The van der Waals surface area contributed by atoms with Crippen molar-refractivity contribution in [2.45, 2.75) is 31.1 Å². The van der Waals surface area contributed by atoms with E-state index in [9.17, 15) is 13.2 Å². The number of carbonyl (C=O) groups excluding carboxylic acids is 1.